The molecule has 0 radical (unpaired) electrons. The number of hydrogen-bond donors (Lipinski definition) is 2. The van der Waals surface area contributed by atoms with Gasteiger partial charge in [-0.15, -0.1) is 6.42 Å². The van der Waals surface area contributed by atoms with Crippen LogP contribution in [0.3, 0.4) is 0 Å². The molecular formula is C8H14N2O. The Kier molecular flexibility index (Phi) is 5.01. The Morgan fingerprint density at radius 2 is 2.18 bits per heavy atom. The number of carbonyl (C=O) groups is 1. The van der Waals surface area contributed by atoms with Crippen LogP contribution in [-0.4, -0.2) is 19.1 Å². The van der Waals surface area contributed by atoms with E-state index in [9.17, 15) is 4.79 Å². The molecule has 3 heteroatoms. The van der Waals surface area contributed by atoms with Gasteiger partial charge in [0.1, 0.15) is 0 Å². The van der Waals surface area contributed by atoms with E-state index in [0.29, 0.717) is 12.5 Å². The summed E-state index contributed by atoms with van der Waals surface area (Å²) in [7, 11) is 0. The van der Waals surface area contributed by atoms with E-state index in [-0.39, 0.29) is 12.6 Å². The first-order chi connectivity index (χ1) is 5.16. The van der Waals surface area contributed by atoms with Gasteiger partial charge in [-0.2, -0.15) is 0 Å². The second-order valence-corrected chi connectivity index (χ2v) is 2.66. The van der Waals surface area contributed by atoms with Crippen molar-refractivity contribution in [2.24, 2.45) is 5.92 Å². The van der Waals surface area contributed by atoms with Gasteiger partial charge in [0, 0.05) is 6.54 Å². The van der Waals surface area contributed by atoms with Crippen LogP contribution in [0.5, 0.6) is 0 Å². The Morgan fingerprint density at radius 3 is 2.64 bits per heavy atom. The molecule has 0 saturated heterocycles. The number of hydrogen-bond acceptors (Lipinski definition) is 1. The largest absolute Gasteiger partial charge is 0.338 e. The minimum absolute atomic E-state index is 0.198. The highest BCUT2D eigenvalue weighted by Gasteiger charge is 1.98. The van der Waals surface area contributed by atoms with E-state index in [1.165, 1.54) is 0 Å². The van der Waals surface area contributed by atoms with E-state index in [0.717, 1.165) is 0 Å². The van der Waals surface area contributed by atoms with Crippen LogP contribution in [-0.2, 0) is 0 Å². The van der Waals surface area contributed by atoms with Crippen LogP contribution < -0.4 is 10.6 Å². The summed E-state index contributed by atoms with van der Waals surface area (Å²) in [5.74, 6) is 2.78. The molecule has 0 aliphatic carbocycles. The lowest BCUT2D eigenvalue weighted by Crippen LogP contribution is -2.37. The van der Waals surface area contributed by atoms with Gasteiger partial charge in [0.05, 0.1) is 6.54 Å². The normalized spacial score (nSPS) is 8.91. The predicted molar refractivity (Wildman–Crippen MR) is 45.1 cm³/mol. The fourth-order valence-corrected chi connectivity index (χ4v) is 0.491. The maximum atomic E-state index is 10.8. The van der Waals surface area contributed by atoms with E-state index < -0.39 is 0 Å². The van der Waals surface area contributed by atoms with Crippen LogP contribution in [0.25, 0.3) is 0 Å². The minimum atomic E-state index is -0.198. The zero-order chi connectivity index (χ0) is 8.69. The fraction of sp³-hybridized carbons (Fsp3) is 0.625. The third-order valence-electron chi connectivity index (χ3n) is 1.02. The Morgan fingerprint density at radius 1 is 1.55 bits per heavy atom. The number of rotatable bonds is 3. The molecule has 2 amide bonds. The topological polar surface area (TPSA) is 41.1 Å². The smallest absolute Gasteiger partial charge is 0.315 e. The van der Waals surface area contributed by atoms with E-state index in [4.69, 9.17) is 6.42 Å². The lowest BCUT2D eigenvalue weighted by Gasteiger charge is -2.06. The lowest BCUT2D eigenvalue weighted by atomic mass is 10.2. The predicted octanol–water partition coefficient (Wildman–Crippen LogP) is 0.575. The summed E-state index contributed by atoms with van der Waals surface area (Å²) in [6, 6.07) is -0.198. The van der Waals surface area contributed by atoms with Crippen molar-refractivity contribution in [3.05, 3.63) is 0 Å². The summed E-state index contributed by atoms with van der Waals surface area (Å²) in [5, 5.41) is 5.17. The molecule has 0 atom stereocenters. The van der Waals surface area contributed by atoms with Gasteiger partial charge in [-0.05, 0) is 5.92 Å². The standard InChI is InChI=1S/C8H14N2O/c1-4-5-9-8(11)10-6-7(2)3/h1,7H,5-6H2,2-3H3,(H2,9,10,11). The average Bonchev–Trinajstić information content (AvgIpc) is 1.97. The Labute approximate surface area is 67.6 Å². The maximum absolute atomic E-state index is 10.8. The number of carbonyl (C=O) groups excluding carboxylic acids is 1. The monoisotopic (exact) mass is 154 g/mol. The zero-order valence-electron chi connectivity index (χ0n) is 6.98. The van der Waals surface area contributed by atoms with Crippen molar-refractivity contribution in [3.8, 4) is 12.3 Å². The maximum Gasteiger partial charge on any atom is 0.315 e. The second-order valence-electron chi connectivity index (χ2n) is 2.66. The molecule has 0 aliphatic rings. The Balaban J connectivity index is 3.32. The summed E-state index contributed by atoms with van der Waals surface area (Å²) in [4.78, 5) is 10.8. The van der Waals surface area contributed by atoms with Crippen molar-refractivity contribution >= 4 is 6.03 Å². The van der Waals surface area contributed by atoms with Gasteiger partial charge < -0.3 is 10.6 Å². The van der Waals surface area contributed by atoms with Gasteiger partial charge in [0.15, 0.2) is 0 Å². The van der Waals surface area contributed by atoms with E-state index in [1.54, 1.807) is 0 Å². The van der Waals surface area contributed by atoms with Crippen LogP contribution in [0.4, 0.5) is 4.79 Å². The molecule has 0 aliphatic heterocycles. The summed E-state index contributed by atoms with van der Waals surface area (Å²) in [6.45, 7) is 5.02. The third kappa shape index (κ3) is 6.72. The Hall–Kier alpha value is -1.17. The van der Waals surface area contributed by atoms with Gasteiger partial charge in [-0.1, -0.05) is 19.8 Å². The first-order valence-corrected chi connectivity index (χ1v) is 3.62. The molecule has 0 bridgehead atoms. The minimum Gasteiger partial charge on any atom is -0.338 e. The summed E-state index contributed by atoms with van der Waals surface area (Å²) in [6.07, 6.45) is 4.94. The van der Waals surface area contributed by atoms with Crippen molar-refractivity contribution < 1.29 is 4.79 Å². The molecular weight excluding hydrogens is 140 g/mol. The molecule has 11 heavy (non-hydrogen) atoms. The molecule has 0 aromatic heterocycles. The molecule has 3 nitrogen and oxygen atoms in total. The van der Waals surface area contributed by atoms with E-state index >= 15 is 0 Å². The fourth-order valence-electron chi connectivity index (χ4n) is 0.491. The van der Waals surface area contributed by atoms with Gasteiger partial charge in [0.2, 0.25) is 0 Å². The van der Waals surface area contributed by atoms with Crippen molar-refractivity contribution in [1.29, 1.82) is 0 Å². The quantitative estimate of drug-likeness (QED) is 0.573. The average molecular weight is 154 g/mol. The van der Waals surface area contributed by atoms with Gasteiger partial charge >= 0.3 is 6.03 Å². The second kappa shape index (κ2) is 5.60. The van der Waals surface area contributed by atoms with Crippen LogP contribution in [0.1, 0.15) is 13.8 Å². The SMILES string of the molecule is C#CCNC(=O)NCC(C)C. The van der Waals surface area contributed by atoms with Gasteiger partial charge in [-0.25, -0.2) is 4.79 Å². The highest BCUT2D eigenvalue weighted by Crippen LogP contribution is 1.85. The van der Waals surface area contributed by atoms with Gasteiger partial charge in [-0.3, -0.25) is 0 Å². The lowest BCUT2D eigenvalue weighted by molar-refractivity contribution is 0.241. The summed E-state index contributed by atoms with van der Waals surface area (Å²) >= 11 is 0. The first-order valence-electron chi connectivity index (χ1n) is 3.62. The summed E-state index contributed by atoms with van der Waals surface area (Å²) < 4.78 is 0. The third-order valence-corrected chi connectivity index (χ3v) is 1.02. The highest BCUT2D eigenvalue weighted by molar-refractivity contribution is 5.74. The van der Waals surface area contributed by atoms with Crippen LogP contribution >= 0.6 is 0 Å². The van der Waals surface area contributed by atoms with Crippen molar-refractivity contribution in [3.63, 3.8) is 0 Å². The van der Waals surface area contributed by atoms with Crippen LogP contribution in [0.2, 0.25) is 0 Å². The van der Waals surface area contributed by atoms with Crippen molar-refractivity contribution in [2.75, 3.05) is 13.1 Å². The number of urea groups is 1. The number of amides is 2. The molecule has 0 fully saturated rings. The molecule has 0 spiro atoms. The van der Waals surface area contributed by atoms with Crippen LogP contribution in [0, 0.1) is 18.3 Å². The van der Waals surface area contributed by atoms with Crippen molar-refractivity contribution in [1.82, 2.24) is 10.6 Å². The molecule has 0 heterocycles. The first kappa shape index (κ1) is 9.83. The number of terminal acetylenes is 1. The molecule has 0 unspecified atom stereocenters. The molecule has 2 N–H and O–H groups in total. The van der Waals surface area contributed by atoms with E-state index in [2.05, 4.69) is 16.6 Å². The molecule has 0 saturated carbocycles. The molecule has 0 aromatic carbocycles. The Bertz CT molecular complexity index is 158. The molecule has 62 valence electrons. The number of nitrogens with one attached hydrogen (secondary N) is 2. The molecule has 0 aromatic rings. The zero-order valence-corrected chi connectivity index (χ0v) is 6.98. The van der Waals surface area contributed by atoms with Crippen molar-refractivity contribution in [2.45, 2.75) is 13.8 Å². The highest BCUT2D eigenvalue weighted by atomic mass is 16.2. The van der Waals surface area contributed by atoms with E-state index in [1.807, 2.05) is 13.8 Å². The summed E-state index contributed by atoms with van der Waals surface area (Å²) in [5.41, 5.74) is 0. The van der Waals surface area contributed by atoms with Crippen LogP contribution in [0.15, 0.2) is 0 Å². The molecule has 0 rings (SSSR count). The van der Waals surface area contributed by atoms with Gasteiger partial charge in [0.25, 0.3) is 0 Å².